The topological polar surface area (TPSA) is 110 Å². The number of carbonyl (C=O) groups is 2. The van der Waals surface area contributed by atoms with Crippen LogP contribution in [0.3, 0.4) is 0 Å². The third-order valence-corrected chi connectivity index (χ3v) is 7.10. The summed E-state index contributed by atoms with van der Waals surface area (Å²) in [6.07, 6.45) is 0.518. The number of carbonyl (C=O) groups excluding carboxylic acids is 2. The molecule has 0 aliphatic carbocycles. The van der Waals surface area contributed by atoms with Crippen LogP contribution in [0.25, 0.3) is 0 Å². The molecule has 2 rings (SSSR count). The monoisotopic (exact) mass is 450 g/mol. The van der Waals surface area contributed by atoms with Gasteiger partial charge in [0.2, 0.25) is 10.0 Å². The maximum absolute atomic E-state index is 12.7. The van der Waals surface area contributed by atoms with Crippen molar-refractivity contribution in [1.82, 2.24) is 19.7 Å². The third-order valence-electron chi connectivity index (χ3n) is 5.08. The Balaban J connectivity index is 2.05. The minimum Gasteiger partial charge on any atom is -0.481 e. The predicted octanol–water partition coefficient (Wildman–Crippen LogP) is 1.90. The van der Waals surface area contributed by atoms with Crippen LogP contribution in [0.5, 0.6) is 5.75 Å². The summed E-state index contributed by atoms with van der Waals surface area (Å²) in [5, 5.41) is 0. The van der Waals surface area contributed by atoms with Crippen molar-refractivity contribution in [1.29, 1.82) is 0 Å². The van der Waals surface area contributed by atoms with E-state index in [1.54, 1.807) is 33.9 Å². The lowest BCUT2D eigenvalue weighted by Gasteiger charge is -2.17. The summed E-state index contributed by atoms with van der Waals surface area (Å²) < 4.78 is 33.7. The van der Waals surface area contributed by atoms with Gasteiger partial charge in [-0.05, 0) is 44.0 Å². The first kappa shape index (κ1) is 24.4. The van der Waals surface area contributed by atoms with E-state index in [-0.39, 0.29) is 10.6 Å². The van der Waals surface area contributed by atoms with E-state index in [9.17, 15) is 18.0 Å². The lowest BCUT2D eigenvalue weighted by Crippen LogP contribution is -2.47. The van der Waals surface area contributed by atoms with Crippen LogP contribution in [0.1, 0.15) is 42.4 Å². The molecule has 0 aliphatic rings. The van der Waals surface area contributed by atoms with Crippen molar-refractivity contribution in [3.63, 3.8) is 0 Å². The standard InChI is InChI=1S/C21H30N4O5S/c1-7-25(8-2)31(28,29)17-12-18(24(6)13-17)21(27)23-22-20(26)16(5)30-19-11-9-10-14(3)15(19)4/h9-13,16H,7-8H2,1-6H3,(H,22,26)(H,23,27)/t16-/m1/s1. The first-order valence-electron chi connectivity index (χ1n) is 10.0. The fraction of sp³-hybridized carbons (Fsp3) is 0.429. The molecule has 0 fully saturated rings. The summed E-state index contributed by atoms with van der Waals surface area (Å²) in [6, 6.07) is 6.84. The molecule has 2 N–H and O–H groups in total. The van der Waals surface area contributed by atoms with Crippen molar-refractivity contribution in [3.8, 4) is 5.75 Å². The molecule has 2 amide bonds. The van der Waals surface area contributed by atoms with Crippen molar-refractivity contribution >= 4 is 21.8 Å². The Morgan fingerprint density at radius 1 is 1.16 bits per heavy atom. The number of nitrogens with zero attached hydrogens (tertiary/aromatic N) is 2. The summed E-state index contributed by atoms with van der Waals surface area (Å²) in [5.74, 6) is -0.599. The normalized spacial score (nSPS) is 12.5. The first-order chi connectivity index (χ1) is 14.5. The molecule has 0 saturated heterocycles. The van der Waals surface area contributed by atoms with Gasteiger partial charge in [-0.25, -0.2) is 8.42 Å². The van der Waals surface area contributed by atoms with E-state index in [0.29, 0.717) is 18.8 Å². The van der Waals surface area contributed by atoms with Crippen LogP contribution in [0, 0.1) is 13.8 Å². The number of benzene rings is 1. The van der Waals surface area contributed by atoms with Crippen molar-refractivity contribution in [2.45, 2.75) is 45.6 Å². The molecule has 9 nitrogen and oxygen atoms in total. The van der Waals surface area contributed by atoms with Gasteiger partial charge in [0.05, 0.1) is 0 Å². The maximum atomic E-state index is 12.7. The number of hydrogen-bond acceptors (Lipinski definition) is 5. The van der Waals surface area contributed by atoms with Gasteiger partial charge in [0, 0.05) is 26.3 Å². The molecule has 1 aromatic carbocycles. The van der Waals surface area contributed by atoms with E-state index >= 15 is 0 Å². The lowest BCUT2D eigenvalue weighted by molar-refractivity contribution is -0.128. The third kappa shape index (κ3) is 5.45. The Kier molecular flexibility index (Phi) is 7.85. The Bertz CT molecular complexity index is 1060. The number of aromatic nitrogens is 1. The van der Waals surface area contributed by atoms with Gasteiger partial charge in [0.25, 0.3) is 11.8 Å². The molecule has 170 valence electrons. The quantitative estimate of drug-likeness (QED) is 0.597. The SMILES string of the molecule is CCN(CC)S(=O)(=O)c1cc(C(=O)NNC(=O)[C@@H](C)Oc2cccc(C)c2C)n(C)c1. The first-order valence-corrected chi connectivity index (χ1v) is 11.5. The lowest BCUT2D eigenvalue weighted by atomic mass is 10.1. The molecular weight excluding hydrogens is 420 g/mol. The molecule has 0 bridgehead atoms. The van der Waals surface area contributed by atoms with Gasteiger partial charge in [-0.3, -0.25) is 20.4 Å². The van der Waals surface area contributed by atoms with E-state index in [0.717, 1.165) is 11.1 Å². The predicted molar refractivity (Wildman–Crippen MR) is 117 cm³/mol. The zero-order valence-corrected chi connectivity index (χ0v) is 19.5. The number of hydrazine groups is 1. The van der Waals surface area contributed by atoms with Crippen LogP contribution < -0.4 is 15.6 Å². The number of sulfonamides is 1. The van der Waals surface area contributed by atoms with Gasteiger partial charge >= 0.3 is 0 Å². The van der Waals surface area contributed by atoms with Crippen LogP contribution >= 0.6 is 0 Å². The number of hydrogen-bond donors (Lipinski definition) is 2. The summed E-state index contributed by atoms with van der Waals surface area (Å²) in [4.78, 5) is 24.9. The highest BCUT2D eigenvalue weighted by Gasteiger charge is 2.26. The summed E-state index contributed by atoms with van der Waals surface area (Å²) in [6.45, 7) is 9.55. The molecule has 1 heterocycles. The summed E-state index contributed by atoms with van der Waals surface area (Å²) in [5.41, 5.74) is 6.68. The van der Waals surface area contributed by atoms with Gasteiger partial charge in [0.15, 0.2) is 6.10 Å². The molecule has 1 atom stereocenters. The number of aryl methyl sites for hydroxylation is 2. The summed E-state index contributed by atoms with van der Waals surface area (Å²) >= 11 is 0. The minimum absolute atomic E-state index is 0.0156. The van der Waals surface area contributed by atoms with Gasteiger partial charge in [-0.15, -0.1) is 0 Å². The van der Waals surface area contributed by atoms with Crippen LogP contribution in [0.15, 0.2) is 35.4 Å². The largest absolute Gasteiger partial charge is 0.481 e. The van der Waals surface area contributed by atoms with Crippen LogP contribution in [-0.4, -0.2) is 48.3 Å². The molecular formula is C21H30N4O5S. The highest BCUT2D eigenvalue weighted by Crippen LogP contribution is 2.22. The minimum atomic E-state index is -3.70. The van der Waals surface area contributed by atoms with Gasteiger partial charge in [-0.1, -0.05) is 26.0 Å². The fourth-order valence-corrected chi connectivity index (χ4v) is 4.52. The Morgan fingerprint density at radius 3 is 2.42 bits per heavy atom. The fourth-order valence-electron chi connectivity index (χ4n) is 2.99. The van der Waals surface area contributed by atoms with E-state index in [1.165, 1.54) is 21.1 Å². The smallest absolute Gasteiger partial charge is 0.286 e. The molecule has 1 aromatic heterocycles. The second kappa shape index (κ2) is 9.97. The molecule has 0 radical (unpaired) electrons. The number of nitrogens with one attached hydrogen (secondary N) is 2. The number of rotatable bonds is 8. The molecule has 0 aliphatic heterocycles. The van der Waals surface area contributed by atoms with Gasteiger partial charge in [0.1, 0.15) is 16.3 Å². The van der Waals surface area contributed by atoms with E-state index < -0.39 is 27.9 Å². The maximum Gasteiger partial charge on any atom is 0.286 e. The molecule has 31 heavy (non-hydrogen) atoms. The zero-order chi connectivity index (χ0) is 23.3. The second-order valence-electron chi connectivity index (χ2n) is 7.16. The summed E-state index contributed by atoms with van der Waals surface area (Å²) in [7, 11) is -2.14. The average Bonchev–Trinajstić information content (AvgIpc) is 3.12. The van der Waals surface area contributed by atoms with E-state index in [4.69, 9.17) is 4.74 Å². The van der Waals surface area contributed by atoms with Crippen LogP contribution in [0.4, 0.5) is 0 Å². The van der Waals surface area contributed by atoms with Crippen molar-refractivity contribution < 1.29 is 22.7 Å². The molecule has 0 unspecified atom stereocenters. The second-order valence-corrected chi connectivity index (χ2v) is 9.10. The van der Waals surface area contributed by atoms with Gasteiger partial charge < -0.3 is 9.30 Å². The Labute approximate surface area is 183 Å². The number of ether oxygens (including phenoxy) is 1. The molecule has 10 heteroatoms. The van der Waals surface area contributed by atoms with E-state index in [2.05, 4.69) is 10.9 Å². The van der Waals surface area contributed by atoms with Crippen LogP contribution in [-0.2, 0) is 21.9 Å². The highest BCUT2D eigenvalue weighted by atomic mass is 32.2. The van der Waals surface area contributed by atoms with E-state index in [1.807, 2.05) is 26.0 Å². The number of amides is 2. The van der Waals surface area contributed by atoms with Crippen molar-refractivity contribution in [3.05, 3.63) is 47.3 Å². The van der Waals surface area contributed by atoms with Gasteiger partial charge in [-0.2, -0.15) is 4.31 Å². The molecule has 0 saturated carbocycles. The Morgan fingerprint density at radius 2 is 1.81 bits per heavy atom. The highest BCUT2D eigenvalue weighted by molar-refractivity contribution is 7.89. The average molecular weight is 451 g/mol. The van der Waals surface area contributed by atoms with Crippen LogP contribution in [0.2, 0.25) is 0 Å². The molecule has 0 spiro atoms. The van der Waals surface area contributed by atoms with Crippen molar-refractivity contribution in [2.24, 2.45) is 7.05 Å². The molecule has 2 aromatic rings. The van der Waals surface area contributed by atoms with Crippen molar-refractivity contribution in [2.75, 3.05) is 13.1 Å². The zero-order valence-electron chi connectivity index (χ0n) is 18.7. The Hall–Kier alpha value is -2.85.